The summed E-state index contributed by atoms with van der Waals surface area (Å²) < 4.78 is 0. The van der Waals surface area contributed by atoms with Gasteiger partial charge in [-0.25, -0.2) is 0 Å². The first-order valence-corrected chi connectivity index (χ1v) is 11.1. The van der Waals surface area contributed by atoms with E-state index in [0.717, 1.165) is 58.7 Å². The van der Waals surface area contributed by atoms with Gasteiger partial charge in [0.2, 0.25) is 0 Å². The SMILES string of the molecule is O=C(c1ccc2[nH]c(=O)c3c(c2c1)CCSC3)N1CCN(c2ccncc2)CC1. The van der Waals surface area contributed by atoms with Crippen molar-refractivity contribution in [2.75, 3.05) is 36.8 Å². The Balaban J connectivity index is 1.39. The zero-order chi connectivity index (χ0) is 19.8. The maximum absolute atomic E-state index is 13.1. The number of aromatic amines is 1. The molecule has 0 spiro atoms. The smallest absolute Gasteiger partial charge is 0.253 e. The molecule has 5 rings (SSSR count). The highest BCUT2D eigenvalue weighted by molar-refractivity contribution is 7.98. The number of carbonyl (C=O) groups is 1. The Morgan fingerprint density at radius 3 is 2.62 bits per heavy atom. The lowest BCUT2D eigenvalue weighted by Gasteiger charge is -2.36. The Hall–Kier alpha value is -2.80. The number of benzene rings is 1. The number of hydrogen-bond acceptors (Lipinski definition) is 5. The number of fused-ring (bicyclic) bond motifs is 3. The summed E-state index contributed by atoms with van der Waals surface area (Å²) in [5.41, 5.74) is 4.64. The molecular formula is C22H22N4O2S. The molecule has 2 aliphatic rings. The fourth-order valence-corrected chi connectivity index (χ4v) is 5.23. The summed E-state index contributed by atoms with van der Waals surface area (Å²) in [6.45, 7) is 3.01. The number of aromatic nitrogens is 2. The van der Waals surface area contributed by atoms with E-state index >= 15 is 0 Å². The molecule has 2 aromatic heterocycles. The van der Waals surface area contributed by atoms with E-state index in [1.54, 1.807) is 24.2 Å². The van der Waals surface area contributed by atoms with Gasteiger partial charge in [0, 0.05) is 72.0 Å². The molecule has 0 unspecified atom stereocenters. The summed E-state index contributed by atoms with van der Waals surface area (Å²) in [6.07, 6.45) is 4.47. The third-order valence-electron chi connectivity index (χ3n) is 5.82. The van der Waals surface area contributed by atoms with Crippen LogP contribution in [0.25, 0.3) is 10.9 Å². The van der Waals surface area contributed by atoms with E-state index in [4.69, 9.17) is 0 Å². The molecular weight excluding hydrogens is 384 g/mol. The highest BCUT2D eigenvalue weighted by atomic mass is 32.2. The summed E-state index contributed by atoms with van der Waals surface area (Å²) in [4.78, 5) is 36.7. The molecule has 7 heteroatoms. The molecule has 1 aromatic carbocycles. The van der Waals surface area contributed by atoms with Crippen molar-refractivity contribution in [2.45, 2.75) is 12.2 Å². The van der Waals surface area contributed by atoms with Crippen LogP contribution in [0.3, 0.4) is 0 Å². The van der Waals surface area contributed by atoms with Crippen molar-refractivity contribution in [3.63, 3.8) is 0 Å². The van der Waals surface area contributed by atoms with E-state index in [-0.39, 0.29) is 11.5 Å². The average Bonchev–Trinajstić information content (AvgIpc) is 2.79. The number of nitrogens with one attached hydrogen (secondary N) is 1. The van der Waals surface area contributed by atoms with Gasteiger partial charge in [0.25, 0.3) is 11.5 Å². The molecule has 0 radical (unpaired) electrons. The highest BCUT2D eigenvalue weighted by Crippen LogP contribution is 2.28. The Morgan fingerprint density at radius 2 is 1.83 bits per heavy atom. The van der Waals surface area contributed by atoms with Crippen molar-refractivity contribution in [3.05, 3.63) is 69.8 Å². The van der Waals surface area contributed by atoms with Crippen LogP contribution in [-0.4, -0.2) is 52.7 Å². The number of H-pyrrole nitrogens is 1. The lowest BCUT2D eigenvalue weighted by Crippen LogP contribution is -2.48. The van der Waals surface area contributed by atoms with Crippen LogP contribution in [0.5, 0.6) is 0 Å². The molecule has 3 aromatic rings. The average molecular weight is 407 g/mol. The van der Waals surface area contributed by atoms with E-state index in [9.17, 15) is 9.59 Å². The second kappa shape index (κ2) is 7.55. The fraction of sp³-hybridized carbons (Fsp3) is 0.318. The summed E-state index contributed by atoms with van der Waals surface area (Å²) in [6, 6.07) is 9.68. The van der Waals surface area contributed by atoms with Crippen LogP contribution >= 0.6 is 11.8 Å². The summed E-state index contributed by atoms with van der Waals surface area (Å²) in [7, 11) is 0. The number of pyridine rings is 2. The quantitative estimate of drug-likeness (QED) is 0.709. The van der Waals surface area contributed by atoms with Crippen molar-refractivity contribution < 1.29 is 4.79 Å². The number of rotatable bonds is 2. The number of hydrogen-bond donors (Lipinski definition) is 1. The first-order valence-electron chi connectivity index (χ1n) is 9.90. The summed E-state index contributed by atoms with van der Waals surface area (Å²) in [5.74, 6) is 1.82. The highest BCUT2D eigenvalue weighted by Gasteiger charge is 2.23. The van der Waals surface area contributed by atoms with E-state index in [2.05, 4.69) is 14.9 Å². The predicted molar refractivity (Wildman–Crippen MR) is 117 cm³/mol. The van der Waals surface area contributed by atoms with Crippen LogP contribution in [0, 0.1) is 0 Å². The Morgan fingerprint density at radius 1 is 1.03 bits per heavy atom. The van der Waals surface area contributed by atoms with E-state index < -0.39 is 0 Å². The summed E-state index contributed by atoms with van der Waals surface area (Å²) >= 11 is 1.79. The molecule has 1 saturated heterocycles. The molecule has 1 N–H and O–H groups in total. The molecule has 29 heavy (non-hydrogen) atoms. The molecule has 0 atom stereocenters. The second-order valence-corrected chi connectivity index (χ2v) is 8.56. The van der Waals surface area contributed by atoms with Gasteiger partial charge in [-0.05, 0) is 48.1 Å². The van der Waals surface area contributed by atoms with Gasteiger partial charge in [0.15, 0.2) is 0 Å². The molecule has 1 amide bonds. The van der Waals surface area contributed by atoms with E-state index in [0.29, 0.717) is 18.7 Å². The molecule has 0 bridgehead atoms. The number of amides is 1. The van der Waals surface area contributed by atoms with Crippen LogP contribution in [0.4, 0.5) is 5.69 Å². The van der Waals surface area contributed by atoms with Gasteiger partial charge in [-0.3, -0.25) is 14.6 Å². The largest absolute Gasteiger partial charge is 0.368 e. The monoisotopic (exact) mass is 406 g/mol. The molecule has 2 aliphatic heterocycles. The fourth-order valence-electron chi connectivity index (χ4n) is 4.23. The predicted octanol–water partition coefficient (Wildman–Crippen LogP) is 2.67. The number of piperazine rings is 1. The third kappa shape index (κ3) is 3.40. The van der Waals surface area contributed by atoms with Crippen molar-refractivity contribution in [1.82, 2.24) is 14.9 Å². The van der Waals surface area contributed by atoms with Gasteiger partial charge in [0.1, 0.15) is 0 Å². The number of anilines is 1. The van der Waals surface area contributed by atoms with Gasteiger partial charge in [-0.15, -0.1) is 0 Å². The van der Waals surface area contributed by atoms with Gasteiger partial charge in [-0.1, -0.05) is 0 Å². The van der Waals surface area contributed by atoms with E-state index in [1.807, 2.05) is 35.2 Å². The minimum Gasteiger partial charge on any atom is -0.368 e. The first-order chi connectivity index (χ1) is 14.2. The van der Waals surface area contributed by atoms with Crippen molar-refractivity contribution in [2.24, 2.45) is 0 Å². The van der Waals surface area contributed by atoms with Crippen LogP contribution in [-0.2, 0) is 12.2 Å². The zero-order valence-electron chi connectivity index (χ0n) is 16.1. The van der Waals surface area contributed by atoms with Crippen LogP contribution in [0.2, 0.25) is 0 Å². The zero-order valence-corrected chi connectivity index (χ0v) is 16.9. The van der Waals surface area contributed by atoms with Gasteiger partial charge < -0.3 is 14.8 Å². The first kappa shape index (κ1) is 18.2. The number of aryl methyl sites for hydroxylation is 1. The van der Waals surface area contributed by atoms with Gasteiger partial charge >= 0.3 is 0 Å². The lowest BCUT2D eigenvalue weighted by atomic mass is 9.99. The van der Waals surface area contributed by atoms with Gasteiger partial charge in [-0.2, -0.15) is 11.8 Å². The normalized spacial score (nSPS) is 16.7. The maximum atomic E-state index is 13.1. The van der Waals surface area contributed by atoms with Crippen molar-refractivity contribution >= 4 is 34.3 Å². The second-order valence-electron chi connectivity index (χ2n) is 7.46. The molecule has 1 fully saturated rings. The Bertz CT molecular complexity index is 1120. The number of carbonyl (C=O) groups excluding carboxylic acids is 1. The number of thioether (sulfide) groups is 1. The molecule has 0 aliphatic carbocycles. The van der Waals surface area contributed by atoms with Crippen LogP contribution in [0.1, 0.15) is 21.5 Å². The maximum Gasteiger partial charge on any atom is 0.253 e. The van der Waals surface area contributed by atoms with Crippen LogP contribution < -0.4 is 10.5 Å². The van der Waals surface area contributed by atoms with Crippen molar-refractivity contribution in [1.29, 1.82) is 0 Å². The van der Waals surface area contributed by atoms with Gasteiger partial charge in [0.05, 0.1) is 0 Å². The molecule has 0 saturated carbocycles. The molecule has 6 nitrogen and oxygen atoms in total. The minimum atomic E-state index is 0.00557. The number of nitrogens with zero attached hydrogens (tertiary/aromatic N) is 3. The summed E-state index contributed by atoms with van der Waals surface area (Å²) in [5, 5.41) is 1.01. The third-order valence-corrected chi connectivity index (χ3v) is 6.80. The van der Waals surface area contributed by atoms with E-state index in [1.165, 1.54) is 0 Å². The Labute approximate surface area is 172 Å². The lowest BCUT2D eigenvalue weighted by molar-refractivity contribution is 0.0747. The Kier molecular flexibility index (Phi) is 4.75. The molecule has 148 valence electrons. The molecule has 4 heterocycles. The topological polar surface area (TPSA) is 69.3 Å². The van der Waals surface area contributed by atoms with Crippen LogP contribution in [0.15, 0.2) is 47.5 Å². The standard InChI is InChI=1S/C22H22N4O2S/c27-21-19-14-29-12-5-17(19)18-13-15(1-2-20(18)24-21)22(28)26-10-8-25(9-11-26)16-3-6-23-7-4-16/h1-4,6-7,13H,5,8-12,14H2,(H,24,27). The van der Waals surface area contributed by atoms with Crippen molar-refractivity contribution in [3.8, 4) is 0 Å². The minimum absolute atomic E-state index is 0.00557.